The average molecular weight is 426 g/mol. The lowest BCUT2D eigenvalue weighted by Gasteiger charge is -2.44. The van der Waals surface area contributed by atoms with Gasteiger partial charge in [-0.25, -0.2) is 0 Å². The first kappa shape index (κ1) is 21.4. The summed E-state index contributed by atoms with van der Waals surface area (Å²) in [4.78, 5) is 7.25. The molecule has 1 N–H and O–H groups in total. The van der Waals surface area contributed by atoms with E-state index < -0.39 is 0 Å². The largest absolute Gasteiger partial charge is 0.377 e. The van der Waals surface area contributed by atoms with E-state index in [2.05, 4.69) is 54.6 Å². The molecule has 0 atom stereocenters. The molecule has 1 fully saturated rings. The standard InChI is InChI=1S/C25H32ClN3O/c1-29(2)14-15-30-22-10-12-25(13-11-22)17-20-7-3-4-9-23(20)28-24(25)27-18-19-6-5-8-21(26)16-19/h3-9,16,22H,10-15,17-18H2,1-2H3,(H,27,28). The Bertz CT molecular complexity index is 887. The summed E-state index contributed by atoms with van der Waals surface area (Å²) >= 11 is 6.17. The number of halogens is 1. The van der Waals surface area contributed by atoms with Crippen molar-refractivity contribution in [2.45, 2.75) is 44.8 Å². The number of nitrogens with one attached hydrogen (secondary N) is 1. The quantitative estimate of drug-likeness (QED) is 0.671. The highest BCUT2D eigenvalue weighted by Gasteiger charge is 2.43. The molecule has 1 spiro atoms. The second-order valence-electron chi connectivity index (χ2n) is 8.91. The second kappa shape index (κ2) is 9.51. The Kier molecular flexibility index (Phi) is 6.77. The van der Waals surface area contributed by atoms with Gasteiger partial charge in [-0.2, -0.15) is 0 Å². The van der Waals surface area contributed by atoms with Crippen molar-refractivity contribution in [1.29, 1.82) is 0 Å². The highest BCUT2D eigenvalue weighted by Crippen LogP contribution is 2.45. The molecule has 0 radical (unpaired) electrons. The molecule has 0 bridgehead atoms. The van der Waals surface area contributed by atoms with Crippen molar-refractivity contribution in [3.8, 4) is 0 Å². The van der Waals surface area contributed by atoms with Gasteiger partial charge in [-0.05, 0) is 75.5 Å². The molecule has 1 saturated carbocycles. The van der Waals surface area contributed by atoms with Gasteiger partial charge in [0.05, 0.1) is 19.3 Å². The predicted octanol–water partition coefficient (Wildman–Crippen LogP) is 5.41. The van der Waals surface area contributed by atoms with E-state index in [1.54, 1.807) is 0 Å². The highest BCUT2D eigenvalue weighted by atomic mass is 35.5. The Hall–Kier alpha value is -1.88. The van der Waals surface area contributed by atoms with Crippen LogP contribution in [0.3, 0.4) is 0 Å². The molecule has 0 unspecified atom stereocenters. The van der Waals surface area contributed by atoms with Crippen molar-refractivity contribution in [2.24, 2.45) is 10.4 Å². The summed E-state index contributed by atoms with van der Waals surface area (Å²) in [6.07, 6.45) is 5.81. The molecule has 0 aromatic heterocycles. The Labute approximate surface area is 185 Å². The number of benzene rings is 2. The monoisotopic (exact) mass is 425 g/mol. The van der Waals surface area contributed by atoms with E-state index in [1.807, 2.05) is 18.2 Å². The van der Waals surface area contributed by atoms with Crippen molar-refractivity contribution in [3.05, 3.63) is 64.7 Å². The summed E-state index contributed by atoms with van der Waals surface area (Å²) in [6.45, 7) is 2.43. The average Bonchev–Trinajstić information content (AvgIpc) is 2.73. The van der Waals surface area contributed by atoms with Crippen LogP contribution in [0.1, 0.15) is 36.8 Å². The number of fused-ring (bicyclic) bond motifs is 1. The molecule has 2 aromatic carbocycles. The summed E-state index contributed by atoms with van der Waals surface area (Å²) in [5.74, 6) is 1.13. The Morgan fingerprint density at radius 1 is 1.13 bits per heavy atom. The van der Waals surface area contributed by atoms with Gasteiger partial charge in [0.2, 0.25) is 0 Å². The van der Waals surface area contributed by atoms with Gasteiger partial charge >= 0.3 is 0 Å². The van der Waals surface area contributed by atoms with Crippen molar-refractivity contribution in [1.82, 2.24) is 4.90 Å². The van der Waals surface area contributed by atoms with E-state index in [4.69, 9.17) is 21.3 Å². The second-order valence-corrected chi connectivity index (χ2v) is 9.34. The maximum absolute atomic E-state index is 6.17. The molecule has 5 heteroatoms. The van der Waals surface area contributed by atoms with Crippen molar-refractivity contribution < 1.29 is 4.74 Å². The molecule has 2 aromatic rings. The zero-order valence-corrected chi connectivity index (χ0v) is 18.8. The summed E-state index contributed by atoms with van der Waals surface area (Å²) < 4.78 is 6.16. The van der Waals surface area contributed by atoms with Gasteiger partial charge in [0.25, 0.3) is 0 Å². The van der Waals surface area contributed by atoms with Crippen molar-refractivity contribution in [2.75, 3.05) is 32.6 Å². The molecule has 4 rings (SSSR count). The number of likely N-dealkylation sites (N-methyl/N-ethyl adjacent to an activating group) is 1. The molecular weight excluding hydrogens is 394 g/mol. The minimum Gasteiger partial charge on any atom is -0.377 e. The zero-order chi connectivity index (χ0) is 21.0. The molecule has 2 aliphatic rings. The van der Waals surface area contributed by atoms with Crippen LogP contribution in [0, 0.1) is 5.41 Å². The van der Waals surface area contributed by atoms with Crippen molar-refractivity contribution in [3.63, 3.8) is 0 Å². The maximum atomic E-state index is 6.17. The topological polar surface area (TPSA) is 36.9 Å². The smallest absolute Gasteiger partial charge is 0.108 e. The number of rotatable bonds is 6. The fourth-order valence-electron chi connectivity index (χ4n) is 4.64. The lowest BCUT2D eigenvalue weighted by atomic mass is 9.67. The van der Waals surface area contributed by atoms with Gasteiger partial charge in [-0.15, -0.1) is 0 Å². The number of hydrogen-bond donors (Lipinski definition) is 1. The molecule has 1 heterocycles. The maximum Gasteiger partial charge on any atom is 0.108 e. The number of ether oxygens (including phenoxy) is 1. The van der Waals surface area contributed by atoms with E-state index in [9.17, 15) is 0 Å². The number of para-hydroxylation sites is 1. The number of nitrogens with zero attached hydrogens (tertiary/aromatic N) is 2. The van der Waals surface area contributed by atoms with Crippen LogP contribution in [0.2, 0.25) is 5.02 Å². The van der Waals surface area contributed by atoms with Gasteiger partial charge in [0, 0.05) is 22.7 Å². The highest BCUT2D eigenvalue weighted by molar-refractivity contribution is 6.30. The van der Waals surface area contributed by atoms with E-state index >= 15 is 0 Å². The Morgan fingerprint density at radius 3 is 2.70 bits per heavy atom. The fourth-order valence-corrected chi connectivity index (χ4v) is 4.86. The molecule has 30 heavy (non-hydrogen) atoms. The van der Waals surface area contributed by atoms with Crippen LogP contribution in [0.25, 0.3) is 0 Å². The molecule has 1 aliphatic heterocycles. The number of amidine groups is 1. The molecule has 1 aliphatic carbocycles. The molecule has 4 nitrogen and oxygen atoms in total. The van der Waals surface area contributed by atoms with Crippen LogP contribution in [0.5, 0.6) is 0 Å². The lowest BCUT2D eigenvalue weighted by Crippen LogP contribution is -2.45. The zero-order valence-electron chi connectivity index (χ0n) is 18.0. The van der Waals surface area contributed by atoms with Crippen LogP contribution in [-0.4, -0.2) is 44.1 Å². The van der Waals surface area contributed by atoms with Crippen LogP contribution in [0.15, 0.2) is 53.5 Å². The van der Waals surface area contributed by atoms with Crippen LogP contribution < -0.4 is 5.32 Å². The van der Waals surface area contributed by atoms with E-state index in [1.165, 1.54) is 11.3 Å². The molecule has 0 saturated heterocycles. The normalized spacial score (nSPS) is 24.8. The van der Waals surface area contributed by atoms with Gasteiger partial charge in [-0.3, -0.25) is 4.99 Å². The molecule has 0 amide bonds. The third kappa shape index (κ3) is 5.05. The van der Waals surface area contributed by atoms with Crippen molar-refractivity contribution >= 4 is 23.1 Å². The lowest BCUT2D eigenvalue weighted by molar-refractivity contribution is 0.00417. The van der Waals surface area contributed by atoms with Crippen LogP contribution in [0.4, 0.5) is 5.69 Å². The van der Waals surface area contributed by atoms with Crippen LogP contribution in [-0.2, 0) is 17.7 Å². The van der Waals surface area contributed by atoms with Gasteiger partial charge in [0.1, 0.15) is 5.84 Å². The third-order valence-electron chi connectivity index (χ3n) is 6.39. The summed E-state index contributed by atoms with van der Waals surface area (Å²) in [5.41, 5.74) is 3.81. The number of hydrogen-bond acceptors (Lipinski definition) is 3. The number of anilines is 1. The summed E-state index contributed by atoms with van der Waals surface area (Å²) in [7, 11) is 4.18. The fraction of sp³-hybridized carbons (Fsp3) is 0.480. The first-order valence-corrected chi connectivity index (χ1v) is 11.3. The Balaban J connectivity index is 1.51. The summed E-state index contributed by atoms with van der Waals surface area (Å²) in [5, 5.41) is 4.45. The third-order valence-corrected chi connectivity index (χ3v) is 6.63. The van der Waals surface area contributed by atoms with E-state index in [0.29, 0.717) is 12.6 Å². The van der Waals surface area contributed by atoms with E-state index in [-0.39, 0.29) is 5.41 Å². The Morgan fingerprint density at radius 2 is 1.93 bits per heavy atom. The van der Waals surface area contributed by atoms with Gasteiger partial charge in [0.15, 0.2) is 0 Å². The van der Waals surface area contributed by atoms with Gasteiger partial charge < -0.3 is 15.0 Å². The van der Waals surface area contributed by atoms with Crippen LogP contribution >= 0.6 is 11.6 Å². The molecular formula is C25H32ClN3O. The number of aliphatic imine (C=N–C) groups is 1. The van der Waals surface area contributed by atoms with E-state index in [0.717, 1.165) is 61.7 Å². The molecule has 160 valence electrons. The predicted molar refractivity (Wildman–Crippen MR) is 126 cm³/mol. The first-order valence-electron chi connectivity index (χ1n) is 10.9. The first-order chi connectivity index (χ1) is 14.5. The summed E-state index contributed by atoms with van der Waals surface area (Å²) in [6, 6.07) is 16.6. The van der Waals surface area contributed by atoms with Gasteiger partial charge in [-0.1, -0.05) is 41.9 Å². The minimum atomic E-state index is 0.0777. The SMILES string of the molecule is CN(C)CCOC1CCC2(CC1)Cc1ccccc1NC2=NCc1cccc(Cl)c1. The minimum absolute atomic E-state index is 0.0777.